The zero-order chi connectivity index (χ0) is 21.7. The van der Waals surface area contributed by atoms with Crippen molar-refractivity contribution in [1.29, 1.82) is 0 Å². The van der Waals surface area contributed by atoms with Crippen molar-refractivity contribution in [2.24, 2.45) is 5.92 Å². The van der Waals surface area contributed by atoms with E-state index >= 15 is 0 Å². The topological polar surface area (TPSA) is 78.0 Å². The highest BCUT2D eigenvalue weighted by Gasteiger charge is 2.30. The summed E-state index contributed by atoms with van der Waals surface area (Å²) >= 11 is 0. The van der Waals surface area contributed by atoms with Gasteiger partial charge in [0.15, 0.2) is 0 Å². The van der Waals surface area contributed by atoms with Crippen LogP contribution >= 0.6 is 0 Å². The van der Waals surface area contributed by atoms with Gasteiger partial charge < -0.3 is 9.80 Å². The van der Waals surface area contributed by atoms with E-state index in [1.807, 2.05) is 11.9 Å². The summed E-state index contributed by atoms with van der Waals surface area (Å²) < 4.78 is 26.8. The van der Waals surface area contributed by atoms with Crippen LogP contribution in [0.1, 0.15) is 55.8 Å². The van der Waals surface area contributed by atoms with Crippen LogP contribution in [0.3, 0.4) is 0 Å². The molecule has 30 heavy (non-hydrogen) atoms. The minimum absolute atomic E-state index is 0.0242. The molecule has 0 aromatic heterocycles. The molecule has 7 nitrogen and oxygen atoms in total. The van der Waals surface area contributed by atoms with Gasteiger partial charge in [0.2, 0.25) is 15.9 Å². The molecular weight excluding hydrogens is 402 g/mol. The molecule has 3 rings (SSSR count). The molecule has 0 unspecified atom stereocenters. The number of carbonyl (C=O) groups is 2. The number of rotatable bonds is 7. The second-order valence-electron chi connectivity index (χ2n) is 8.32. The van der Waals surface area contributed by atoms with Crippen LogP contribution in [0.2, 0.25) is 0 Å². The molecule has 2 fully saturated rings. The lowest BCUT2D eigenvalue weighted by atomic mass is 9.95. The molecule has 0 saturated carbocycles. The fourth-order valence-electron chi connectivity index (χ4n) is 4.18. The Morgan fingerprint density at radius 2 is 1.63 bits per heavy atom. The summed E-state index contributed by atoms with van der Waals surface area (Å²) in [6.07, 6.45) is 5.18. The van der Waals surface area contributed by atoms with E-state index in [-0.39, 0.29) is 22.6 Å². The molecular formula is C22H33N3O4S. The maximum Gasteiger partial charge on any atom is 0.253 e. The van der Waals surface area contributed by atoms with Crippen LogP contribution in [0.4, 0.5) is 0 Å². The first kappa shape index (κ1) is 22.7. The highest BCUT2D eigenvalue weighted by Crippen LogP contribution is 2.23. The second kappa shape index (κ2) is 9.92. The fourth-order valence-corrected chi connectivity index (χ4v) is 5.69. The van der Waals surface area contributed by atoms with E-state index in [1.54, 1.807) is 17.0 Å². The minimum atomic E-state index is -3.47. The molecule has 166 valence electrons. The van der Waals surface area contributed by atoms with Gasteiger partial charge in [-0.05, 0) is 56.4 Å². The number of nitrogens with zero attached hydrogens (tertiary/aromatic N) is 3. The lowest BCUT2D eigenvalue weighted by molar-refractivity contribution is -0.135. The summed E-state index contributed by atoms with van der Waals surface area (Å²) in [7, 11) is -1.62. The van der Waals surface area contributed by atoms with Crippen LogP contribution < -0.4 is 0 Å². The van der Waals surface area contributed by atoms with Crippen molar-refractivity contribution in [1.82, 2.24) is 14.1 Å². The highest BCUT2D eigenvalue weighted by molar-refractivity contribution is 7.89. The van der Waals surface area contributed by atoms with Crippen LogP contribution in [0.5, 0.6) is 0 Å². The van der Waals surface area contributed by atoms with E-state index in [4.69, 9.17) is 0 Å². The fraction of sp³-hybridized carbons (Fsp3) is 0.636. The third kappa shape index (κ3) is 5.03. The largest absolute Gasteiger partial charge is 0.346 e. The average Bonchev–Trinajstić information content (AvgIpc) is 3.32. The van der Waals surface area contributed by atoms with E-state index < -0.39 is 10.0 Å². The molecule has 2 saturated heterocycles. The number of amides is 2. The number of benzene rings is 1. The summed E-state index contributed by atoms with van der Waals surface area (Å²) in [4.78, 5) is 29.2. The predicted molar refractivity (Wildman–Crippen MR) is 116 cm³/mol. The molecule has 1 aromatic carbocycles. The Morgan fingerprint density at radius 1 is 1.03 bits per heavy atom. The zero-order valence-corrected chi connectivity index (χ0v) is 18.9. The van der Waals surface area contributed by atoms with Crippen LogP contribution in [0.15, 0.2) is 29.2 Å². The average molecular weight is 436 g/mol. The highest BCUT2D eigenvalue weighted by atomic mass is 32.2. The molecule has 0 radical (unpaired) electrons. The quantitative estimate of drug-likeness (QED) is 0.660. The van der Waals surface area contributed by atoms with E-state index in [0.717, 1.165) is 32.2 Å². The van der Waals surface area contributed by atoms with Crippen molar-refractivity contribution in [2.45, 2.75) is 50.3 Å². The van der Waals surface area contributed by atoms with Crippen molar-refractivity contribution < 1.29 is 18.0 Å². The Kier molecular flexibility index (Phi) is 7.52. The van der Waals surface area contributed by atoms with Crippen molar-refractivity contribution in [3.63, 3.8) is 0 Å². The molecule has 1 aromatic rings. The molecule has 2 aliphatic heterocycles. The molecule has 0 spiro atoms. The van der Waals surface area contributed by atoms with Crippen LogP contribution in [-0.4, -0.2) is 74.1 Å². The van der Waals surface area contributed by atoms with Crippen molar-refractivity contribution in [3.05, 3.63) is 29.8 Å². The van der Waals surface area contributed by atoms with Gasteiger partial charge in [0, 0.05) is 51.3 Å². The second-order valence-corrected chi connectivity index (χ2v) is 10.3. The number of hydrogen-bond acceptors (Lipinski definition) is 4. The van der Waals surface area contributed by atoms with Gasteiger partial charge in [0.05, 0.1) is 4.90 Å². The summed E-state index contributed by atoms with van der Waals surface area (Å²) in [6.45, 7) is 5.10. The Morgan fingerprint density at radius 3 is 2.20 bits per heavy atom. The first-order valence-electron chi connectivity index (χ1n) is 11.0. The predicted octanol–water partition coefficient (Wildman–Crippen LogP) is 2.58. The Balaban J connectivity index is 1.57. The molecule has 0 aliphatic carbocycles. The zero-order valence-electron chi connectivity index (χ0n) is 18.0. The normalized spacial score (nSPS) is 18.5. The van der Waals surface area contributed by atoms with E-state index in [9.17, 15) is 18.0 Å². The number of unbranched alkanes of at least 4 members (excludes halogenated alkanes) is 1. The van der Waals surface area contributed by atoms with Crippen LogP contribution in [0, 0.1) is 5.92 Å². The van der Waals surface area contributed by atoms with Crippen LogP contribution in [-0.2, 0) is 14.8 Å². The summed E-state index contributed by atoms with van der Waals surface area (Å²) in [5, 5.41) is 0. The monoisotopic (exact) mass is 435 g/mol. The summed E-state index contributed by atoms with van der Waals surface area (Å²) in [5.74, 6) is 0.0428. The van der Waals surface area contributed by atoms with Crippen molar-refractivity contribution in [3.8, 4) is 0 Å². The van der Waals surface area contributed by atoms with Gasteiger partial charge in [0.1, 0.15) is 0 Å². The first-order valence-corrected chi connectivity index (χ1v) is 12.4. The molecule has 2 amide bonds. The van der Waals surface area contributed by atoms with Crippen LogP contribution in [0.25, 0.3) is 0 Å². The third-order valence-electron chi connectivity index (χ3n) is 6.16. The minimum Gasteiger partial charge on any atom is -0.346 e. The molecule has 8 heteroatoms. The molecule has 2 heterocycles. The van der Waals surface area contributed by atoms with Gasteiger partial charge in [-0.15, -0.1) is 0 Å². The van der Waals surface area contributed by atoms with E-state index in [0.29, 0.717) is 44.6 Å². The maximum absolute atomic E-state index is 12.8. The Bertz CT molecular complexity index is 840. The number of piperidine rings is 1. The first-order chi connectivity index (χ1) is 14.3. The lowest BCUT2D eigenvalue weighted by Crippen LogP contribution is -2.43. The summed E-state index contributed by atoms with van der Waals surface area (Å²) in [6, 6.07) is 6.25. The standard InChI is InChI=1S/C22H33N3O4S/c1-3-4-13-23(2)21(26)19-11-16-24(17-12-19)22(27)18-7-9-20(10-8-18)30(28,29)25-14-5-6-15-25/h7-10,19H,3-6,11-17H2,1-2H3. The Labute approximate surface area is 180 Å². The van der Waals surface area contributed by atoms with Gasteiger partial charge >= 0.3 is 0 Å². The van der Waals surface area contributed by atoms with Crippen molar-refractivity contribution in [2.75, 3.05) is 39.8 Å². The van der Waals surface area contributed by atoms with Gasteiger partial charge in [-0.25, -0.2) is 8.42 Å². The van der Waals surface area contributed by atoms with Gasteiger partial charge in [-0.1, -0.05) is 13.3 Å². The molecule has 2 aliphatic rings. The SMILES string of the molecule is CCCCN(C)C(=O)C1CCN(C(=O)c2ccc(S(=O)(=O)N3CCCC3)cc2)CC1. The number of hydrogen-bond donors (Lipinski definition) is 0. The third-order valence-corrected chi connectivity index (χ3v) is 8.07. The number of sulfonamides is 1. The van der Waals surface area contributed by atoms with E-state index in [1.165, 1.54) is 16.4 Å². The maximum atomic E-state index is 12.8. The van der Waals surface area contributed by atoms with Gasteiger partial charge in [0.25, 0.3) is 5.91 Å². The smallest absolute Gasteiger partial charge is 0.253 e. The summed E-state index contributed by atoms with van der Waals surface area (Å²) in [5.41, 5.74) is 0.486. The van der Waals surface area contributed by atoms with Gasteiger partial charge in [-0.2, -0.15) is 4.31 Å². The Hall–Kier alpha value is -1.93. The number of carbonyl (C=O) groups excluding carboxylic acids is 2. The van der Waals surface area contributed by atoms with E-state index in [2.05, 4.69) is 6.92 Å². The molecule has 0 atom stereocenters. The van der Waals surface area contributed by atoms with Gasteiger partial charge in [-0.3, -0.25) is 9.59 Å². The molecule has 0 bridgehead atoms. The lowest BCUT2D eigenvalue weighted by Gasteiger charge is -2.33. The molecule has 0 N–H and O–H groups in total. The number of likely N-dealkylation sites (tertiary alicyclic amines) is 1. The van der Waals surface area contributed by atoms with Crippen molar-refractivity contribution >= 4 is 21.8 Å².